The number of ether oxygens (including phenoxy) is 1. The molecule has 0 saturated carbocycles. The maximum absolute atomic E-state index is 11.7. The summed E-state index contributed by atoms with van der Waals surface area (Å²) < 4.78 is 15.9. The van der Waals surface area contributed by atoms with E-state index >= 15 is 0 Å². The zero-order chi connectivity index (χ0) is 8.97. The normalized spacial score (nSPS) is 9.08. The van der Waals surface area contributed by atoms with Crippen LogP contribution in [0, 0.1) is 0 Å². The fraction of sp³-hybridized carbons (Fsp3) is 0. The summed E-state index contributed by atoms with van der Waals surface area (Å²) in [4.78, 5) is 9.88. The van der Waals surface area contributed by atoms with Gasteiger partial charge in [-0.25, -0.2) is 4.79 Å². The first-order valence-electron chi connectivity index (χ1n) is 3.32. The minimum absolute atomic E-state index is 0.0168. The molecule has 2 nitrogen and oxygen atoms in total. The molecule has 0 bridgehead atoms. The Hall–Kier alpha value is -1.64. The second-order valence-corrected chi connectivity index (χ2v) is 2.13. The number of hydrogen-bond acceptors (Lipinski definition) is 2. The van der Waals surface area contributed by atoms with Gasteiger partial charge in [0.1, 0.15) is 5.76 Å². The summed E-state index contributed by atoms with van der Waals surface area (Å²) in [5.74, 6) is 0.0168. The van der Waals surface area contributed by atoms with Crippen LogP contribution in [-0.2, 0) is 4.74 Å². The maximum atomic E-state index is 11.7. The van der Waals surface area contributed by atoms with E-state index in [1.165, 1.54) is 0 Å². The quantitative estimate of drug-likeness (QED) is 0.498. The lowest BCUT2D eigenvalue weighted by Crippen LogP contribution is -1.93. The van der Waals surface area contributed by atoms with Gasteiger partial charge in [-0.05, 0) is 0 Å². The number of rotatable bonds is 2. The van der Waals surface area contributed by atoms with Crippen LogP contribution in [-0.4, -0.2) is 6.22 Å². The van der Waals surface area contributed by atoms with Gasteiger partial charge >= 0.3 is 6.22 Å². The van der Waals surface area contributed by atoms with Crippen LogP contribution >= 0.6 is 0 Å². The molecule has 0 spiro atoms. The van der Waals surface area contributed by atoms with Gasteiger partial charge in [-0.3, -0.25) is 0 Å². The van der Waals surface area contributed by atoms with Crippen molar-refractivity contribution in [2.75, 3.05) is 0 Å². The van der Waals surface area contributed by atoms with Gasteiger partial charge in [-0.1, -0.05) is 36.9 Å². The van der Waals surface area contributed by atoms with E-state index in [0.717, 1.165) is 0 Å². The lowest BCUT2D eigenvalue weighted by Gasteiger charge is -2.01. The third-order valence-corrected chi connectivity index (χ3v) is 1.30. The van der Waals surface area contributed by atoms with Gasteiger partial charge < -0.3 is 4.74 Å². The molecule has 0 aliphatic carbocycles. The van der Waals surface area contributed by atoms with Gasteiger partial charge in [-0.15, -0.1) is 4.39 Å². The molecule has 0 N–H and O–H groups in total. The Labute approximate surface area is 69.3 Å². The van der Waals surface area contributed by atoms with Crippen molar-refractivity contribution in [2.45, 2.75) is 0 Å². The minimum Gasteiger partial charge on any atom is -0.401 e. The number of halogens is 1. The molecular formula is C9H7FO2. The third-order valence-electron chi connectivity index (χ3n) is 1.30. The molecule has 0 aliphatic heterocycles. The van der Waals surface area contributed by atoms with Crippen molar-refractivity contribution >= 4 is 12.0 Å². The van der Waals surface area contributed by atoms with Crippen LogP contribution in [0.15, 0.2) is 36.9 Å². The van der Waals surface area contributed by atoms with Gasteiger partial charge in [0.25, 0.3) is 0 Å². The number of carbonyl (C=O) groups is 1. The van der Waals surface area contributed by atoms with E-state index in [2.05, 4.69) is 11.3 Å². The molecule has 0 aliphatic rings. The summed E-state index contributed by atoms with van der Waals surface area (Å²) >= 11 is 0. The van der Waals surface area contributed by atoms with Gasteiger partial charge in [0, 0.05) is 5.56 Å². The average molecular weight is 166 g/mol. The molecule has 0 saturated heterocycles. The van der Waals surface area contributed by atoms with Crippen molar-refractivity contribution in [1.82, 2.24) is 0 Å². The fourth-order valence-corrected chi connectivity index (χ4v) is 0.780. The van der Waals surface area contributed by atoms with Crippen LogP contribution in [0.25, 0.3) is 5.76 Å². The smallest absolute Gasteiger partial charge is 0.401 e. The van der Waals surface area contributed by atoms with Gasteiger partial charge in [0.2, 0.25) is 0 Å². The Morgan fingerprint density at radius 2 is 1.92 bits per heavy atom. The van der Waals surface area contributed by atoms with Crippen LogP contribution in [0.4, 0.5) is 9.18 Å². The van der Waals surface area contributed by atoms with Crippen LogP contribution < -0.4 is 0 Å². The lowest BCUT2D eigenvalue weighted by molar-refractivity contribution is 0.166. The van der Waals surface area contributed by atoms with Crippen molar-refractivity contribution in [3.05, 3.63) is 42.5 Å². The SMILES string of the molecule is C=C(OC(=O)F)c1ccccc1. The van der Waals surface area contributed by atoms with E-state index in [4.69, 9.17) is 0 Å². The van der Waals surface area contributed by atoms with E-state index < -0.39 is 6.22 Å². The molecule has 0 fully saturated rings. The molecule has 0 heterocycles. The molecule has 1 aromatic carbocycles. The van der Waals surface area contributed by atoms with E-state index in [1.807, 2.05) is 0 Å². The highest BCUT2D eigenvalue weighted by Crippen LogP contribution is 2.13. The van der Waals surface area contributed by atoms with Crippen molar-refractivity contribution < 1.29 is 13.9 Å². The Bertz CT molecular complexity index is 293. The zero-order valence-corrected chi connectivity index (χ0v) is 6.29. The molecule has 62 valence electrons. The van der Waals surface area contributed by atoms with E-state index in [9.17, 15) is 9.18 Å². The highest BCUT2D eigenvalue weighted by Gasteiger charge is 2.03. The van der Waals surface area contributed by atoms with Crippen LogP contribution in [0.2, 0.25) is 0 Å². The molecule has 12 heavy (non-hydrogen) atoms. The molecule has 3 heteroatoms. The average Bonchev–Trinajstić information content (AvgIpc) is 2.05. The molecule has 0 radical (unpaired) electrons. The van der Waals surface area contributed by atoms with E-state index in [-0.39, 0.29) is 5.76 Å². The standard InChI is InChI=1S/C9H7FO2/c1-7(12-9(10)11)8-5-3-2-4-6-8/h2-6H,1H2. The Morgan fingerprint density at radius 3 is 2.42 bits per heavy atom. The van der Waals surface area contributed by atoms with Crippen LogP contribution in [0.1, 0.15) is 5.56 Å². The van der Waals surface area contributed by atoms with Crippen molar-refractivity contribution in [3.8, 4) is 0 Å². The monoisotopic (exact) mass is 166 g/mol. The minimum atomic E-state index is -1.84. The summed E-state index contributed by atoms with van der Waals surface area (Å²) in [5, 5.41) is 0. The second kappa shape index (κ2) is 3.67. The first-order valence-corrected chi connectivity index (χ1v) is 3.32. The van der Waals surface area contributed by atoms with Crippen molar-refractivity contribution in [2.24, 2.45) is 0 Å². The van der Waals surface area contributed by atoms with Gasteiger partial charge in [0.15, 0.2) is 0 Å². The van der Waals surface area contributed by atoms with Crippen molar-refractivity contribution in [3.63, 3.8) is 0 Å². The second-order valence-electron chi connectivity index (χ2n) is 2.13. The van der Waals surface area contributed by atoms with Crippen LogP contribution in [0.3, 0.4) is 0 Å². The summed E-state index contributed by atoms with van der Waals surface area (Å²) in [6.45, 7) is 3.38. The zero-order valence-electron chi connectivity index (χ0n) is 6.29. The fourth-order valence-electron chi connectivity index (χ4n) is 0.780. The summed E-state index contributed by atoms with van der Waals surface area (Å²) in [6, 6.07) is 8.63. The van der Waals surface area contributed by atoms with Crippen molar-refractivity contribution in [1.29, 1.82) is 0 Å². The highest BCUT2D eigenvalue weighted by atomic mass is 19.1. The summed E-state index contributed by atoms with van der Waals surface area (Å²) in [6.07, 6.45) is -1.84. The number of benzene rings is 1. The van der Waals surface area contributed by atoms with E-state index in [1.54, 1.807) is 30.3 Å². The Kier molecular flexibility index (Phi) is 2.58. The number of carbonyl (C=O) groups excluding carboxylic acids is 1. The molecule has 0 amide bonds. The molecule has 0 aromatic heterocycles. The largest absolute Gasteiger partial charge is 0.500 e. The molecule has 1 aromatic rings. The molecule has 1 rings (SSSR count). The predicted octanol–water partition coefficient (Wildman–Crippen LogP) is 2.76. The molecule has 0 atom stereocenters. The molecule has 0 unspecified atom stereocenters. The van der Waals surface area contributed by atoms with Crippen LogP contribution in [0.5, 0.6) is 0 Å². The number of hydrogen-bond donors (Lipinski definition) is 0. The Balaban J connectivity index is 2.73. The third kappa shape index (κ3) is 2.20. The molecular weight excluding hydrogens is 159 g/mol. The Morgan fingerprint density at radius 1 is 1.33 bits per heavy atom. The maximum Gasteiger partial charge on any atom is 0.500 e. The summed E-state index contributed by atoms with van der Waals surface area (Å²) in [5.41, 5.74) is 0.587. The van der Waals surface area contributed by atoms with Gasteiger partial charge in [0.05, 0.1) is 0 Å². The summed E-state index contributed by atoms with van der Waals surface area (Å²) in [7, 11) is 0. The predicted molar refractivity (Wildman–Crippen MR) is 43.1 cm³/mol. The topological polar surface area (TPSA) is 26.3 Å². The first-order chi connectivity index (χ1) is 5.70. The first kappa shape index (κ1) is 8.46. The van der Waals surface area contributed by atoms with E-state index in [0.29, 0.717) is 5.56 Å². The highest BCUT2D eigenvalue weighted by molar-refractivity contribution is 5.70. The lowest BCUT2D eigenvalue weighted by atomic mass is 10.2. The van der Waals surface area contributed by atoms with Gasteiger partial charge in [-0.2, -0.15) is 0 Å².